The van der Waals surface area contributed by atoms with Crippen molar-refractivity contribution < 1.29 is 9.59 Å². The van der Waals surface area contributed by atoms with E-state index in [1.165, 1.54) is 44.9 Å². The molecule has 7 rings (SSSR count). The summed E-state index contributed by atoms with van der Waals surface area (Å²) < 4.78 is 0. The van der Waals surface area contributed by atoms with Crippen molar-refractivity contribution in [3.63, 3.8) is 0 Å². The summed E-state index contributed by atoms with van der Waals surface area (Å²) >= 11 is 0. The van der Waals surface area contributed by atoms with Crippen LogP contribution in [0.2, 0.25) is 0 Å². The van der Waals surface area contributed by atoms with Crippen LogP contribution in [0.25, 0.3) is 0 Å². The van der Waals surface area contributed by atoms with Crippen LogP contribution in [0.4, 0.5) is 4.79 Å². The van der Waals surface area contributed by atoms with Gasteiger partial charge in [-0.3, -0.25) is 4.79 Å². The number of nitrogens with two attached hydrogens (primary N) is 1. The zero-order valence-electron chi connectivity index (χ0n) is 15.7. The number of carbonyl (C=O) groups is 2. The van der Waals surface area contributed by atoms with Gasteiger partial charge < -0.3 is 15.5 Å². The first kappa shape index (κ1) is 15.8. The zero-order chi connectivity index (χ0) is 17.7. The second-order valence-electron chi connectivity index (χ2n) is 10.6. The van der Waals surface area contributed by atoms with Crippen molar-refractivity contribution in [2.24, 2.45) is 34.8 Å². The molecule has 0 aromatic carbocycles. The highest BCUT2D eigenvalue weighted by Gasteiger charge is 2.63. The number of rotatable bonds is 4. The van der Waals surface area contributed by atoms with Crippen molar-refractivity contribution >= 4 is 11.9 Å². The van der Waals surface area contributed by atoms with Crippen LogP contribution >= 0.6 is 0 Å². The van der Waals surface area contributed by atoms with Gasteiger partial charge in [0.1, 0.15) is 0 Å². The van der Waals surface area contributed by atoms with Gasteiger partial charge >= 0.3 is 6.03 Å². The molecule has 2 N–H and O–H groups in total. The molecule has 2 aliphatic heterocycles. The van der Waals surface area contributed by atoms with E-state index in [1.54, 1.807) is 0 Å². The van der Waals surface area contributed by atoms with Crippen LogP contribution in [0.3, 0.4) is 0 Å². The molecule has 142 valence electrons. The average molecular weight is 357 g/mol. The van der Waals surface area contributed by atoms with Crippen molar-refractivity contribution in [1.82, 2.24) is 9.80 Å². The number of nitrogens with zero attached hydrogens (tertiary/aromatic N) is 2. The third kappa shape index (κ3) is 1.98. The van der Waals surface area contributed by atoms with Gasteiger partial charge in [0.2, 0.25) is 5.91 Å². The summed E-state index contributed by atoms with van der Waals surface area (Å²) in [4.78, 5) is 30.1. The number of primary amides is 1. The second kappa shape index (κ2) is 4.96. The van der Waals surface area contributed by atoms with Crippen LogP contribution < -0.4 is 5.73 Å². The Kier molecular flexibility index (Phi) is 3.01. The van der Waals surface area contributed by atoms with Crippen LogP contribution in [-0.2, 0) is 4.79 Å². The molecule has 0 aromatic heterocycles. The van der Waals surface area contributed by atoms with Gasteiger partial charge in [0.05, 0.1) is 5.54 Å². The molecule has 4 bridgehead atoms. The fourth-order valence-electron chi connectivity index (χ4n) is 8.12. The van der Waals surface area contributed by atoms with Crippen molar-refractivity contribution in [1.29, 1.82) is 0 Å². The molecule has 26 heavy (non-hydrogen) atoms. The lowest BCUT2D eigenvalue weighted by atomic mass is 9.47. The summed E-state index contributed by atoms with van der Waals surface area (Å²) in [5.41, 5.74) is 5.73. The lowest BCUT2D eigenvalue weighted by molar-refractivity contribution is -0.150. The highest BCUT2D eigenvalue weighted by atomic mass is 16.2. The fraction of sp³-hybridized carbons (Fsp3) is 0.905. The predicted octanol–water partition coefficient (Wildman–Crippen LogP) is 2.74. The quantitative estimate of drug-likeness (QED) is 0.841. The standard InChI is InChI=1S/C21H31N3O2/c22-18(25)20-8-14-6-15(10-20)17(16(7-14)11-20)23-12-21(9-13-2-3-13)4-1-5-24(21)19(23)26/h13-17H,1-12H2,(H2,22,25). The number of hydrogen-bond acceptors (Lipinski definition) is 2. The molecule has 0 aromatic rings. The van der Waals surface area contributed by atoms with Crippen LogP contribution in [0.5, 0.6) is 0 Å². The molecule has 5 nitrogen and oxygen atoms in total. The Hall–Kier alpha value is -1.26. The number of carbonyl (C=O) groups excluding carboxylic acids is 2. The minimum atomic E-state index is -0.252. The van der Waals surface area contributed by atoms with E-state index in [2.05, 4.69) is 9.80 Å². The zero-order valence-corrected chi connectivity index (χ0v) is 15.7. The van der Waals surface area contributed by atoms with Gasteiger partial charge in [-0.25, -0.2) is 4.79 Å². The summed E-state index contributed by atoms with van der Waals surface area (Å²) in [7, 11) is 0. The molecular weight excluding hydrogens is 326 g/mol. The van der Waals surface area contributed by atoms with Gasteiger partial charge in [-0.2, -0.15) is 0 Å². The van der Waals surface area contributed by atoms with E-state index < -0.39 is 0 Å². The number of fused-ring (bicyclic) bond motifs is 1. The lowest BCUT2D eigenvalue weighted by Crippen LogP contribution is -2.62. The first-order chi connectivity index (χ1) is 12.5. The Bertz CT molecular complexity index is 658. The first-order valence-electron chi connectivity index (χ1n) is 10.9. The van der Waals surface area contributed by atoms with Crippen molar-refractivity contribution in [2.45, 2.75) is 75.8 Å². The molecule has 0 radical (unpaired) electrons. The SMILES string of the molecule is NC(=O)C12CC3CC(C1)C(N1CC4(CC5CC5)CCCN4C1=O)C(C3)C2. The molecular formula is C21H31N3O2. The summed E-state index contributed by atoms with van der Waals surface area (Å²) in [5.74, 6) is 2.44. The Morgan fingerprint density at radius 1 is 1.15 bits per heavy atom. The van der Waals surface area contributed by atoms with Gasteiger partial charge in [0.15, 0.2) is 0 Å². The fourth-order valence-corrected chi connectivity index (χ4v) is 8.12. The van der Waals surface area contributed by atoms with E-state index in [1.807, 2.05) is 0 Å². The first-order valence-corrected chi connectivity index (χ1v) is 10.9. The van der Waals surface area contributed by atoms with Gasteiger partial charge in [-0.1, -0.05) is 12.8 Å². The third-order valence-corrected chi connectivity index (χ3v) is 9.01. The molecule has 7 fully saturated rings. The summed E-state index contributed by atoms with van der Waals surface area (Å²) in [5, 5.41) is 0. The monoisotopic (exact) mass is 357 g/mol. The highest BCUT2D eigenvalue weighted by Crippen LogP contribution is 2.62. The molecule has 5 saturated carbocycles. The third-order valence-electron chi connectivity index (χ3n) is 9.01. The van der Waals surface area contributed by atoms with E-state index >= 15 is 0 Å². The maximum atomic E-state index is 13.4. The van der Waals surface area contributed by atoms with Crippen LogP contribution in [0.15, 0.2) is 0 Å². The number of urea groups is 1. The van der Waals surface area contributed by atoms with E-state index in [-0.39, 0.29) is 16.9 Å². The van der Waals surface area contributed by atoms with Gasteiger partial charge in [0, 0.05) is 24.5 Å². The second-order valence-corrected chi connectivity index (χ2v) is 10.6. The largest absolute Gasteiger partial charge is 0.369 e. The Labute approximate surface area is 155 Å². The van der Waals surface area contributed by atoms with Gasteiger partial charge in [0.25, 0.3) is 0 Å². The number of amides is 3. The molecule has 3 unspecified atom stereocenters. The maximum absolute atomic E-state index is 13.4. The smallest absolute Gasteiger partial charge is 0.320 e. The predicted molar refractivity (Wildman–Crippen MR) is 97.1 cm³/mol. The molecule has 3 amide bonds. The minimum Gasteiger partial charge on any atom is -0.369 e. The van der Waals surface area contributed by atoms with E-state index in [0.717, 1.165) is 38.3 Å². The lowest BCUT2D eigenvalue weighted by Gasteiger charge is -2.60. The van der Waals surface area contributed by atoms with Gasteiger partial charge in [-0.15, -0.1) is 0 Å². The average Bonchev–Trinajstić information content (AvgIpc) is 3.23. The Morgan fingerprint density at radius 2 is 1.88 bits per heavy atom. The topological polar surface area (TPSA) is 66.6 Å². The highest BCUT2D eigenvalue weighted by molar-refractivity contribution is 5.82. The molecule has 2 heterocycles. The maximum Gasteiger partial charge on any atom is 0.320 e. The van der Waals surface area contributed by atoms with E-state index in [9.17, 15) is 9.59 Å². The molecule has 7 aliphatic rings. The summed E-state index contributed by atoms with van der Waals surface area (Å²) in [6.45, 7) is 1.91. The Morgan fingerprint density at radius 3 is 2.54 bits per heavy atom. The molecule has 2 saturated heterocycles. The van der Waals surface area contributed by atoms with Crippen LogP contribution in [0, 0.1) is 29.1 Å². The van der Waals surface area contributed by atoms with Crippen molar-refractivity contribution in [2.75, 3.05) is 13.1 Å². The van der Waals surface area contributed by atoms with Gasteiger partial charge in [-0.05, 0) is 75.0 Å². The molecule has 3 atom stereocenters. The van der Waals surface area contributed by atoms with Crippen molar-refractivity contribution in [3.8, 4) is 0 Å². The normalized spacial score (nSPS) is 49.2. The number of hydrogen-bond donors (Lipinski definition) is 1. The molecule has 5 heteroatoms. The Balaban J connectivity index is 1.30. The minimum absolute atomic E-state index is 0.0751. The summed E-state index contributed by atoms with van der Waals surface area (Å²) in [6, 6.07) is 0.682. The summed E-state index contributed by atoms with van der Waals surface area (Å²) in [6.07, 6.45) is 11.6. The van der Waals surface area contributed by atoms with Crippen LogP contribution in [0.1, 0.15) is 64.2 Å². The van der Waals surface area contributed by atoms with E-state index in [0.29, 0.717) is 29.8 Å². The molecule has 0 spiro atoms. The van der Waals surface area contributed by atoms with E-state index in [4.69, 9.17) is 5.73 Å². The molecule has 5 aliphatic carbocycles. The van der Waals surface area contributed by atoms with Crippen molar-refractivity contribution in [3.05, 3.63) is 0 Å². The van der Waals surface area contributed by atoms with Crippen LogP contribution in [-0.4, -0.2) is 46.4 Å².